The number of anilines is 1. The highest BCUT2D eigenvalue weighted by molar-refractivity contribution is 14.1. The molecule has 0 spiro atoms. The average Bonchev–Trinajstić information content (AvgIpc) is 2.34. The van der Waals surface area contributed by atoms with Crippen LogP contribution in [-0.2, 0) is 4.74 Å². The molecule has 1 fully saturated rings. The van der Waals surface area contributed by atoms with Gasteiger partial charge >= 0.3 is 0 Å². The third kappa shape index (κ3) is 4.00. The largest absolute Gasteiger partial charge is 0.381 e. The Morgan fingerprint density at radius 3 is 3.06 bits per heavy atom. The van der Waals surface area contributed by atoms with Gasteiger partial charge in [0.1, 0.15) is 0 Å². The van der Waals surface area contributed by atoms with Crippen LogP contribution in [0.3, 0.4) is 0 Å². The molecule has 1 aromatic carbocycles. The third-order valence-electron chi connectivity index (χ3n) is 3.27. The normalized spacial score (nSPS) is 23.9. The summed E-state index contributed by atoms with van der Waals surface area (Å²) in [4.78, 5) is 0. The molecule has 2 nitrogen and oxygen atoms in total. The summed E-state index contributed by atoms with van der Waals surface area (Å²) in [6, 6.07) is 6.62. The van der Waals surface area contributed by atoms with Crippen LogP contribution in [0.1, 0.15) is 32.6 Å². The maximum atomic E-state index is 6.25. The molecule has 1 saturated heterocycles. The van der Waals surface area contributed by atoms with E-state index in [2.05, 4.69) is 47.0 Å². The van der Waals surface area contributed by atoms with Crippen LogP contribution in [-0.4, -0.2) is 18.8 Å². The Morgan fingerprint density at radius 2 is 2.33 bits per heavy atom. The molecule has 4 heteroatoms. The van der Waals surface area contributed by atoms with Crippen LogP contribution in [0, 0.1) is 3.57 Å². The van der Waals surface area contributed by atoms with Gasteiger partial charge in [-0.05, 0) is 60.1 Å². The molecule has 0 saturated carbocycles. The fourth-order valence-electron chi connectivity index (χ4n) is 2.36. The zero-order chi connectivity index (χ0) is 13.0. The lowest BCUT2D eigenvalue weighted by Crippen LogP contribution is -2.34. The van der Waals surface area contributed by atoms with Crippen molar-refractivity contribution in [3.63, 3.8) is 0 Å². The Morgan fingerprint density at radius 1 is 1.50 bits per heavy atom. The van der Waals surface area contributed by atoms with Crippen molar-refractivity contribution in [3.8, 4) is 0 Å². The average molecular weight is 380 g/mol. The van der Waals surface area contributed by atoms with Crippen molar-refractivity contribution in [1.82, 2.24) is 0 Å². The Kier molecular flexibility index (Phi) is 5.57. The fraction of sp³-hybridized carbons (Fsp3) is 0.571. The summed E-state index contributed by atoms with van der Waals surface area (Å²) >= 11 is 8.52. The SMILES string of the molecule is CCCC1CC(Nc2ccc(I)cc2Cl)CCO1. The second kappa shape index (κ2) is 6.96. The number of hydrogen-bond donors (Lipinski definition) is 1. The molecule has 1 heterocycles. The first-order valence-corrected chi connectivity index (χ1v) is 7.98. The van der Waals surface area contributed by atoms with Crippen LogP contribution in [0.4, 0.5) is 5.69 Å². The lowest BCUT2D eigenvalue weighted by atomic mass is 10.00. The van der Waals surface area contributed by atoms with Crippen LogP contribution in [0.15, 0.2) is 18.2 Å². The predicted octanol–water partition coefficient (Wildman–Crippen LogP) is 4.70. The van der Waals surface area contributed by atoms with Crippen LogP contribution in [0.5, 0.6) is 0 Å². The molecule has 0 aromatic heterocycles. The molecule has 18 heavy (non-hydrogen) atoms. The van der Waals surface area contributed by atoms with Crippen molar-refractivity contribution >= 4 is 39.9 Å². The van der Waals surface area contributed by atoms with Crippen LogP contribution in [0.2, 0.25) is 5.02 Å². The van der Waals surface area contributed by atoms with E-state index in [-0.39, 0.29) is 0 Å². The van der Waals surface area contributed by atoms with Crippen LogP contribution >= 0.6 is 34.2 Å². The molecule has 1 aromatic rings. The minimum absolute atomic E-state index is 0.406. The second-order valence-corrected chi connectivity index (χ2v) is 6.42. The fourth-order valence-corrected chi connectivity index (χ4v) is 3.27. The minimum atomic E-state index is 0.406. The number of nitrogens with one attached hydrogen (secondary N) is 1. The van der Waals surface area contributed by atoms with E-state index in [4.69, 9.17) is 16.3 Å². The molecular weight excluding hydrogens is 361 g/mol. The molecule has 1 aliphatic heterocycles. The Labute approximate surface area is 128 Å². The molecule has 1 N–H and O–H groups in total. The Hall–Kier alpha value is -0.000000000000000132. The molecule has 0 aliphatic carbocycles. The van der Waals surface area contributed by atoms with Crippen molar-refractivity contribution in [1.29, 1.82) is 0 Å². The summed E-state index contributed by atoms with van der Waals surface area (Å²) in [5.41, 5.74) is 1.04. The molecule has 0 amide bonds. The Bertz CT molecular complexity index is 397. The van der Waals surface area contributed by atoms with E-state index >= 15 is 0 Å². The minimum Gasteiger partial charge on any atom is -0.381 e. The van der Waals surface area contributed by atoms with Crippen molar-refractivity contribution in [2.45, 2.75) is 44.8 Å². The molecule has 0 bridgehead atoms. The monoisotopic (exact) mass is 379 g/mol. The van der Waals surface area contributed by atoms with E-state index < -0.39 is 0 Å². The molecule has 2 rings (SSSR count). The van der Waals surface area contributed by atoms with Gasteiger partial charge in [0.2, 0.25) is 0 Å². The van der Waals surface area contributed by atoms with Crippen LogP contribution < -0.4 is 5.32 Å². The summed E-state index contributed by atoms with van der Waals surface area (Å²) in [6.07, 6.45) is 4.88. The van der Waals surface area contributed by atoms with Gasteiger partial charge in [-0.25, -0.2) is 0 Å². The van der Waals surface area contributed by atoms with Crippen molar-refractivity contribution in [2.75, 3.05) is 11.9 Å². The third-order valence-corrected chi connectivity index (χ3v) is 4.25. The van der Waals surface area contributed by atoms with E-state index in [1.54, 1.807) is 0 Å². The topological polar surface area (TPSA) is 21.3 Å². The molecule has 2 atom stereocenters. The van der Waals surface area contributed by atoms with Crippen molar-refractivity contribution < 1.29 is 4.74 Å². The zero-order valence-electron chi connectivity index (χ0n) is 10.6. The first-order chi connectivity index (χ1) is 8.69. The molecular formula is C14H19ClINO. The molecule has 100 valence electrons. The Balaban J connectivity index is 1.96. The number of ether oxygens (including phenoxy) is 1. The van der Waals surface area contributed by atoms with Gasteiger partial charge in [0.15, 0.2) is 0 Å². The van der Waals surface area contributed by atoms with E-state index in [0.29, 0.717) is 12.1 Å². The van der Waals surface area contributed by atoms with E-state index in [1.165, 1.54) is 9.99 Å². The number of benzene rings is 1. The van der Waals surface area contributed by atoms with Gasteiger partial charge in [-0.2, -0.15) is 0 Å². The highest BCUT2D eigenvalue weighted by Crippen LogP contribution is 2.27. The van der Waals surface area contributed by atoms with Crippen LogP contribution in [0.25, 0.3) is 0 Å². The summed E-state index contributed by atoms with van der Waals surface area (Å²) in [7, 11) is 0. The second-order valence-electron chi connectivity index (χ2n) is 4.77. The van der Waals surface area contributed by atoms with Gasteiger partial charge < -0.3 is 10.1 Å². The molecule has 2 unspecified atom stereocenters. The smallest absolute Gasteiger partial charge is 0.0648 e. The summed E-state index contributed by atoms with van der Waals surface area (Å²) in [6.45, 7) is 3.06. The molecule has 1 aliphatic rings. The van der Waals surface area contributed by atoms with E-state index in [0.717, 1.165) is 36.6 Å². The van der Waals surface area contributed by atoms with Gasteiger partial charge in [0.25, 0.3) is 0 Å². The summed E-state index contributed by atoms with van der Waals surface area (Å²) < 4.78 is 6.93. The summed E-state index contributed by atoms with van der Waals surface area (Å²) in [5.74, 6) is 0. The van der Waals surface area contributed by atoms with E-state index in [1.807, 2.05) is 6.07 Å². The number of halogens is 2. The van der Waals surface area contributed by atoms with Gasteiger partial charge in [-0.15, -0.1) is 0 Å². The maximum absolute atomic E-state index is 6.25. The lowest BCUT2D eigenvalue weighted by Gasteiger charge is -2.31. The lowest BCUT2D eigenvalue weighted by molar-refractivity contribution is 0.00598. The van der Waals surface area contributed by atoms with Crippen molar-refractivity contribution in [3.05, 3.63) is 26.8 Å². The maximum Gasteiger partial charge on any atom is 0.0648 e. The van der Waals surface area contributed by atoms with E-state index in [9.17, 15) is 0 Å². The van der Waals surface area contributed by atoms with Gasteiger partial charge in [0.05, 0.1) is 16.8 Å². The van der Waals surface area contributed by atoms with Gasteiger partial charge in [0, 0.05) is 16.2 Å². The zero-order valence-corrected chi connectivity index (χ0v) is 13.5. The first-order valence-electron chi connectivity index (χ1n) is 6.52. The first kappa shape index (κ1) is 14.4. The number of rotatable bonds is 4. The quantitative estimate of drug-likeness (QED) is 0.765. The highest BCUT2D eigenvalue weighted by atomic mass is 127. The summed E-state index contributed by atoms with van der Waals surface area (Å²) in [5, 5.41) is 4.36. The highest BCUT2D eigenvalue weighted by Gasteiger charge is 2.22. The molecule has 0 radical (unpaired) electrons. The van der Waals surface area contributed by atoms with Gasteiger partial charge in [-0.3, -0.25) is 0 Å². The predicted molar refractivity (Wildman–Crippen MR) is 85.5 cm³/mol. The standard InChI is InChI=1S/C14H19ClINO/c1-2-3-12-9-11(6-7-18-12)17-14-5-4-10(16)8-13(14)15/h4-5,8,11-12,17H,2-3,6-7,9H2,1H3. The van der Waals surface area contributed by atoms with Crippen molar-refractivity contribution in [2.24, 2.45) is 0 Å². The van der Waals surface area contributed by atoms with Gasteiger partial charge in [-0.1, -0.05) is 24.9 Å². The number of hydrogen-bond acceptors (Lipinski definition) is 2.